The number of nitrogens with two attached hydrogens (primary N) is 1. The molecule has 0 amide bonds. The molecule has 14 heavy (non-hydrogen) atoms. The fourth-order valence-electron chi connectivity index (χ4n) is 0.488. The minimum atomic E-state index is -4.58. The van der Waals surface area contributed by atoms with Crippen LogP contribution in [0.5, 0.6) is 0 Å². The van der Waals surface area contributed by atoms with Crippen LogP contribution in [0.2, 0.25) is 0 Å². The summed E-state index contributed by atoms with van der Waals surface area (Å²) >= 11 is 0. The predicted octanol–water partition coefficient (Wildman–Crippen LogP) is 0.204. The number of alkyl halides is 3. The summed E-state index contributed by atoms with van der Waals surface area (Å²) < 4.78 is 59.4. The molecular formula is C6H13F3N2O2S. The predicted molar refractivity (Wildman–Crippen MR) is 46.1 cm³/mol. The van der Waals surface area contributed by atoms with Crippen LogP contribution in [0.15, 0.2) is 0 Å². The van der Waals surface area contributed by atoms with E-state index in [0.717, 1.165) is 0 Å². The van der Waals surface area contributed by atoms with Gasteiger partial charge in [0.05, 0.1) is 5.25 Å². The maximum atomic E-state index is 11.9. The van der Waals surface area contributed by atoms with Crippen LogP contribution in [-0.2, 0) is 10.0 Å². The van der Waals surface area contributed by atoms with Gasteiger partial charge in [0, 0.05) is 6.54 Å². The van der Waals surface area contributed by atoms with Gasteiger partial charge in [-0.25, -0.2) is 13.1 Å². The molecule has 3 N–H and O–H groups in total. The Balaban J connectivity index is 4.22. The van der Waals surface area contributed by atoms with Gasteiger partial charge in [0.15, 0.2) is 0 Å². The summed E-state index contributed by atoms with van der Waals surface area (Å²) in [5.74, 6) is 0. The van der Waals surface area contributed by atoms with Crippen LogP contribution >= 0.6 is 0 Å². The molecule has 0 radical (unpaired) electrons. The monoisotopic (exact) mass is 234 g/mol. The largest absolute Gasteiger partial charge is 0.404 e. The quantitative estimate of drug-likeness (QED) is 0.730. The highest BCUT2D eigenvalue weighted by Crippen LogP contribution is 2.17. The van der Waals surface area contributed by atoms with Crippen LogP contribution < -0.4 is 10.5 Å². The second-order valence-corrected chi connectivity index (χ2v) is 5.41. The van der Waals surface area contributed by atoms with Gasteiger partial charge in [-0.15, -0.1) is 0 Å². The standard InChI is InChI=1S/C6H13F3N2O2S/c1-4(2)14(12,13)11-3-5(10)6(7,8)9/h4-5,11H,3,10H2,1-2H3. The van der Waals surface area contributed by atoms with Gasteiger partial charge >= 0.3 is 6.18 Å². The van der Waals surface area contributed by atoms with Gasteiger partial charge in [0.25, 0.3) is 0 Å². The lowest BCUT2D eigenvalue weighted by molar-refractivity contribution is -0.145. The molecule has 0 aliphatic heterocycles. The van der Waals surface area contributed by atoms with Gasteiger partial charge < -0.3 is 5.73 Å². The summed E-state index contributed by atoms with van der Waals surface area (Å²) in [7, 11) is -3.68. The Hall–Kier alpha value is -0.340. The van der Waals surface area contributed by atoms with Crippen molar-refractivity contribution in [2.45, 2.75) is 31.3 Å². The molecule has 1 atom stereocenters. The summed E-state index contributed by atoms with van der Waals surface area (Å²) in [6.45, 7) is 1.90. The van der Waals surface area contributed by atoms with Crippen LogP contribution in [0.25, 0.3) is 0 Å². The summed E-state index contributed by atoms with van der Waals surface area (Å²) in [6.07, 6.45) is -4.58. The summed E-state index contributed by atoms with van der Waals surface area (Å²) in [6, 6.07) is -2.17. The van der Waals surface area contributed by atoms with Crippen LogP contribution in [0.1, 0.15) is 13.8 Å². The third-order valence-electron chi connectivity index (χ3n) is 1.55. The molecule has 0 bridgehead atoms. The molecule has 0 aromatic carbocycles. The van der Waals surface area contributed by atoms with E-state index in [4.69, 9.17) is 5.73 Å². The number of hydrogen-bond acceptors (Lipinski definition) is 3. The van der Waals surface area contributed by atoms with E-state index < -0.39 is 34.0 Å². The molecule has 4 nitrogen and oxygen atoms in total. The fourth-order valence-corrected chi connectivity index (χ4v) is 1.23. The Morgan fingerprint density at radius 1 is 1.36 bits per heavy atom. The first-order chi connectivity index (χ1) is 6.07. The third-order valence-corrected chi connectivity index (χ3v) is 3.36. The molecule has 1 unspecified atom stereocenters. The maximum Gasteiger partial charge on any atom is 0.404 e. The SMILES string of the molecule is CC(C)S(=O)(=O)NCC(N)C(F)(F)F. The van der Waals surface area contributed by atoms with E-state index in [2.05, 4.69) is 0 Å². The molecule has 0 aromatic rings. The zero-order chi connectivity index (χ0) is 11.6. The van der Waals surface area contributed by atoms with Crippen molar-refractivity contribution in [1.82, 2.24) is 4.72 Å². The lowest BCUT2D eigenvalue weighted by atomic mass is 10.3. The van der Waals surface area contributed by atoms with E-state index in [1.165, 1.54) is 13.8 Å². The maximum absolute atomic E-state index is 11.9. The first kappa shape index (κ1) is 13.7. The normalized spacial score (nSPS) is 15.9. The zero-order valence-electron chi connectivity index (χ0n) is 7.80. The molecule has 0 fully saturated rings. The van der Waals surface area contributed by atoms with Gasteiger partial charge in [0.2, 0.25) is 10.0 Å². The zero-order valence-corrected chi connectivity index (χ0v) is 8.61. The van der Waals surface area contributed by atoms with Crippen molar-refractivity contribution in [1.29, 1.82) is 0 Å². The highest BCUT2D eigenvalue weighted by Gasteiger charge is 2.37. The van der Waals surface area contributed by atoms with Gasteiger partial charge in [-0.2, -0.15) is 13.2 Å². The van der Waals surface area contributed by atoms with Crippen LogP contribution in [0, 0.1) is 0 Å². The van der Waals surface area contributed by atoms with Crippen LogP contribution in [-0.4, -0.2) is 32.4 Å². The molecule has 86 valence electrons. The van der Waals surface area contributed by atoms with Crippen molar-refractivity contribution in [2.24, 2.45) is 5.73 Å². The number of nitrogens with one attached hydrogen (secondary N) is 1. The van der Waals surface area contributed by atoms with Gasteiger partial charge in [-0.3, -0.25) is 0 Å². The van der Waals surface area contributed by atoms with Crippen molar-refractivity contribution in [3.05, 3.63) is 0 Å². The average Bonchev–Trinajstić information content (AvgIpc) is 1.98. The van der Waals surface area contributed by atoms with Crippen molar-refractivity contribution in [3.8, 4) is 0 Å². The summed E-state index contributed by atoms with van der Waals surface area (Å²) in [5.41, 5.74) is 4.71. The van der Waals surface area contributed by atoms with Crippen molar-refractivity contribution < 1.29 is 21.6 Å². The van der Waals surface area contributed by atoms with E-state index in [1.54, 1.807) is 4.72 Å². The Bertz CT molecular complexity index is 273. The number of halogens is 3. The Labute approximate surface area is 80.7 Å². The first-order valence-electron chi connectivity index (χ1n) is 3.88. The first-order valence-corrected chi connectivity index (χ1v) is 5.42. The molecule has 0 aliphatic rings. The van der Waals surface area contributed by atoms with E-state index >= 15 is 0 Å². The highest BCUT2D eigenvalue weighted by molar-refractivity contribution is 7.90. The van der Waals surface area contributed by atoms with E-state index in [9.17, 15) is 21.6 Å². The number of sulfonamides is 1. The molecule has 0 aromatic heterocycles. The van der Waals surface area contributed by atoms with Crippen molar-refractivity contribution in [2.75, 3.05) is 6.54 Å². The minimum absolute atomic E-state index is 0.775. The minimum Gasteiger partial charge on any atom is -0.319 e. The average molecular weight is 234 g/mol. The molecule has 0 saturated heterocycles. The van der Waals surface area contributed by atoms with Crippen LogP contribution in [0.3, 0.4) is 0 Å². The smallest absolute Gasteiger partial charge is 0.319 e. The van der Waals surface area contributed by atoms with Gasteiger partial charge in [-0.1, -0.05) is 0 Å². The Morgan fingerprint density at radius 3 is 2.07 bits per heavy atom. The molecule has 0 spiro atoms. The number of hydrogen-bond donors (Lipinski definition) is 2. The molecule has 0 rings (SSSR count). The Kier molecular flexibility index (Phi) is 4.34. The molecule has 8 heteroatoms. The molecular weight excluding hydrogens is 221 g/mol. The van der Waals surface area contributed by atoms with Gasteiger partial charge in [-0.05, 0) is 13.8 Å². The molecule has 0 aliphatic carbocycles. The second-order valence-electron chi connectivity index (χ2n) is 3.09. The lowest BCUT2D eigenvalue weighted by Gasteiger charge is -2.17. The van der Waals surface area contributed by atoms with Crippen molar-refractivity contribution >= 4 is 10.0 Å². The van der Waals surface area contributed by atoms with Crippen molar-refractivity contribution in [3.63, 3.8) is 0 Å². The molecule has 0 saturated carbocycles. The Morgan fingerprint density at radius 2 is 1.79 bits per heavy atom. The lowest BCUT2D eigenvalue weighted by Crippen LogP contribution is -2.47. The van der Waals surface area contributed by atoms with Crippen LogP contribution in [0.4, 0.5) is 13.2 Å². The summed E-state index contributed by atoms with van der Waals surface area (Å²) in [5, 5.41) is -0.775. The molecule has 0 heterocycles. The van der Waals surface area contributed by atoms with Gasteiger partial charge in [0.1, 0.15) is 6.04 Å². The summed E-state index contributed by atoms with van der Waals surface area (Å²) in [4.78, 5) is 0. The van der Waals surface area contributed by atoms with E-state index in [1.807, 2.05) is 0 Å². The topological polar surface area (TPSA) is 72.2 Å². The van der Waals surface area contributed by atoms with E-state index in [-0.39, 0.29) is 0 Å². The number of rotatable bonds is 4. The van der Waals surface area contributed by atoms with E-state index in [0.29, 0.717) is 0 Å². The third kappa shape index (κ3) is 4.25. The highest BCUT2D eigenvalue weighted by atomic mass is 32.2. The fraction of sp³-hybridized carbons (Fsp3) is 1.00. The second kappa shape index (κ2) is 4.45.